The highest BCUT2D eigenvalue weighted by Crippen LogP contribution is 2.25. The largest absolute Gasteiger partial charge is 0.333 e. The van der Waals surface area contributed by atoms with Gasteiger partial charge < -0.3 is 10.2 Å². The molecule has 0 atom stereocenters. The Morgan fingerprint density at radius 2 is 1.94 bits per heavy atom. The Hall–Kier alpha value is -2.90. The minimum Gasteiger partial charge on any atom is -0.333 e. The summed E-state index contributed by atoms with van der Waals surface area (Å²) >= 11 is 12.0. The predicted octanol–water partition coefficient (Wildman–Crippen LogP) is 3.97. The van der Waals surface area contributed by atoms with Crippen LogP contribution in [0.3, 0.4) is 0 Å². The molecule has 0 aliphatic carbocycles. The van der Waals surface area contributed by atoms with E-state index in [0.717, 1.165) is 0 Å². The SMILES string of the molecule is CCCN(CC(=O)Nc1ccc(Cl)cc1Cl)C(=O)CCn1ncc(=O)c2ccccc21. The van der Waals surface area contributed by atoms with E-state index in [1.165, 1.54) is 17.2 Å². The lowest BCUT2D eigenvalue weighted by atomic mass is 10.2. The molecular formula is C22H22Cl2N4O3. The van der Waals surface area contributed by atoms with E-state index in [2.05, 4.69) is 10.4 Å². The van der Waals surface area contributed by atoms with Crippen LogP contribution in [0.25, 0.3) is 10.9 Å². The van der Waals surface area contributed by atoms with Crippen molar-refractivity contribution in [1.82, 2.24) is 14.7 Å². The predicted molar refractivity (Wildman–Crippen MR) is 123 cm³/mol. The fourth-order valence-electron chi connectivity index (χ4n) is 3.21. The molecule has 0 radical (unpaired) electrons. The van der Waals surface area contributed by atoms with Crippen LogP contribution in [0.1, 0.15) is 19.8 Å². The molecule has 0 saturated heterocycles. The summed E-state index contributed by atoms with van der Waals surface area (Å²) in [5.41, 5.74) is 0.937. The maximum atomic E-state index is 12.8. The molecule has 2 amide bonds. The van der Waals surface area contributed by atoms with Crippen LogP contribution < -0.4 is 10.7 Å². The minimum absolute atomic E-state index is 0.0933. The van der Waals surface area contributed by atoms with Crippen LogP contribution in [0.15, 0.2) is 53.5 Å². The highest BCUT2D eigenvalue weighted by atomic mass is 35.5. The molecule has 3 aromatic rings. The first-order chi connectivity index (χ1) is 14.9. The number of halogens is 2. The Balaban J connectivity index is 1.66. The number of carbonyl (C=O) groups is 2. The molecule has 3 rings (SSSR count). The molecule has 0 fully saturated rings. The van der Waals surface area contributed by atoms with E-state index >= 15 is 0 Å². The first kappa shape index (κ1) is 22.8. The molecule has 0 spiro atoms. The van der Waals surface area contributed by atoms with Gasteiger partial charge in [0.25, 0.3) is 0 Å². The van der Waals surface area contributed by atoms with Crippen LogP contribution in [0.4, 0.5) is 5.69 Å². The molecular weight excluding hydrogens is 439 g/mol. The Morgan fingerprint density at radius 3 is 2.68 bits per heavy atom. The molecule has 1 aromatic heterocycles. The van der Waals surface area contributed by atoms with Crippen molar-refractivity contribution in [3.63, 3.8) is 0 Å². The summed E-state index contributed by atoms with van der Waals surface area (Å²) in [5, 5.41) is 8.20. The number of hydrogen-bond donors (Lipinski definition) is 1. The molecule has 7 nitrogen and oxygen atoms in total. The number of amides is 2. The highest BCUT2D eigenvalue weighted by Gasteiger charge is 2.18. The molecule has 162 valence electrons. The third-order valence-electron chi connectivity index (χ3n) is 4.69. The van der Waals surface area contributed by atoms with Crippen LogP contribution in [0, 0.1) is 0 Å². The molecule has 0 unspecified atom stereocenters. The van der Waals surface area contributed by atoms with Crippen LogP contribution in [0.2, 0.25) is 10.0 Å². The maximum absolute atomic E-state index is 12.8. The smallest absolute Gasteiger partial charge is 0.244 e. The second-order valence-electron chi connectivity index (χ2n) is 6.99. The molecule has 31 heavy (non-hydrogen) atoms. The number of aromatic nitrogens is 2. The summed E-state index contributed by atoms with van der Waals surface area (Å²) < 4.78 is 1.63. The van der Waals surface area contributed by atoms with E-state index in [0.29, 0.717) is 46.1 Å². The van der Waals surface area contributed by atoms with Crippen LogP contribution in [0.5, 0.6) is 0 Å². The topological polar surface area (TPSA) is 84.3 Å². The van der Waals surface area contributed by atoms with Gasteiger partial charge in [0.1, 0.15) is 0 Å². The molecule has 0 aliphatic heterocycles. The lowest BCUT2D eigenvalue weighted by Crippen LogP contribution is -2.39. The molecule has 0 aliphatic rings. The van der Waals surface area contributed by atoms with Crippen LogP contribution >= 0.6 is 23.2 Å². The highest BCUT2D eigenvalue weighted by molar-refractivity contribution is 6.36. The monoisotopic (exact) mass is 460 g/mol. The fraction of sp³-hybridized carbons (Fsp3) is 0.273. The van der Waals surface area contributed by atoms with Crippen molar-refractivity contribution in [1.29, 1.82) is 0 Å². The third-order valence-corrected chi connectivity index (χ3v) is 5.23. The van der Waals surface area contributed by atoms with E-state index in [1.54, 1.807) is 35.0 Å². The first-order valence-electron chi connectivity index (χ1n) is 9.86. The summed E-state index contributed by atoms with van der Waals surface area (Å²) in [6.07, 6.45) is 2.11. The maximum Gasteiger partial charge on any atom is 0.244 e. The van der Waals surface area contributed by atoms with Crippen molar-refractivity contribution in [2.24, 2.45) is 0 Å². The van der Waals surface area contributed by atoms with Gasteiger partial charge in [-0.3, -0.25) is 19.1 Å². The Morgan fingerprint density at radius 1 is 1.16 bits per heavy atom. The molecule has 0 bridgehead atoms. The van der Waals surface area contributed by atoms with Crippen LogP contribution in [-0.4, -0.2) is 39.6 Å². The van der Waals surface area contributed by atoms with E-state index in [4.69, 9.17) is 23.2 Å². The first-order valence-corrected chi connectivity index (χ1v) is 10.6. The van der Waals surface area contributed by atoms with Crippen molar-refractivity contribution < 1.29 is 9.59 Å². The van der Waals surface area contributed by atoms with E-state index < -0.39 is 0 Å². The van der Waals surface area contributed by atoms with Crippen molar-refractivity contribution in [2.75, 3.05) is 18.4 Å². The standard InChI is InChI=1S/C22H22Cl2N4O3/c1-2-10-27(14-21(30)26-18-8-7-15(23)12-17(18)24)22(31)9-11-28-19-6-4-3-5-16(19)20(29)13-25-28/h3-8,12-13H,2,9-11,14H2,1H3,(H,26,30). The zero-order chi connectivity index (χ0) is 22.4. The fourth-order valence-corrected chi connectivity index (χ4v) is 3.67. The third kappa shape index (κ3) is 5.83. The Labute approximate surface area is 189 Å². The van der Waals surface area contributed by atoms with E-state index in [9.17, 15) is 14.4 Å². The van der Waals surface area contributed by atoms with Gasteiger partial charge in [-0.15, -0.1) is 0 Å². The van der Waals surface area contributed by atoms with Gasteiger partial charge in [-0.1, -0.05) is 42.3 Å². The summed E-state index contributed by atoms with van der Waals surface area (Å²) in [4.78, 5) is 38.8. The number of aryl methyl sites for hydroxylation is 1. The number of fused-ring (bicyclic) bond motifs is 1. The van der Waals surface area contributed by atoms with Gasteiger partial charge in [0, 0.05) is 23.4 Å². The summed E-state index contributed by atoms with van der Waals surface area (Å²) in [6, 6.07) is 11.9. The number of para-hydroxylation sites is 1. The zero-order valence-corrected chi connectivity index (χ0v) is 18.5. The lowest BCUT2D eigenvalue weighted by Gasteiger charge is -2.22. The van der Waals surface area contributed by atoms with Crippen molar-refractivity contribution in [3.05, 3.63) is 68.9 Å². The van der Waals surface area contributed by atoms with Gasteiger partial charge in [-0.05, 0) is 36.8 Å². The lowest BCUT2D eigenvalue weighted by molar-refractivity contribution is -0.134. The normalized spacial score (nSPS) is 10.8. The summed E-state index contributed by atoms with van der Waals surface area (Å²) in [5.74, 6) is -0.526. The molecule has 1 heterocycles. The van der Waals surface area contributed by atoms with Crippen molar-refractivity contribution >= 4 is 51.6 Å². The van der Waals surface area contributed by atoms with Gasteiger partial charge in [-0.2, -0.15) is 5.10 Å². The van der Waals surface area contributed by atoms with Gasteiger partial charge in [0.05, 0.1) is 35.5 Å². The number of anilines is 1. The molecule has 1 N–H and O–H groups in total. The second-order valence-corrected chi connectivity index (χ2v) is 7.83. The second kappa shape index (κ2) is 10.4. The number of carbonyl (C=O) groups excluding carboxylic acids is 2. The van der Waals surface area contributed by atoms with E-state index in [-0.39, 0.29) is 30.2 Å². The van der Waals surface area contributed by atoms with Gasteiger partial charge >= 0.3 is 0 Å². The van der Waals surface area contributed by atoms with Crippen molar-refractivity contribution in [2.45, 2.75) is 26.3 Å². The number of nitrogens with one attached hydrogen (secondary N) is 1. The number of hydrogen-bond acceptors (Lipinski definition) is 4. The summed E-state index contributed by atoms with van der Waals surface area (Å²) in [6.45, 7) is 2.58. The zero-order valence-electron chi connectivity index (χ0n) is 17.0. The Bertz CT molecular complexity index is 1160. The van der Waals surface area contributed by atoms with E-state index in [1.807, 2.05) is 13.0 Å². The van der Waals surface area contributed by atoms with Crippen molar-refractivity contribution in [3.8, 4) is 0 Å². The quantitative estimate of drug-likeness (QED) is 0.550. The molecule has 9 heteroatoms. The van der Waals surface area contributed by atoms with Gasteiger partial charge in [0.2, 0.25) is 17.2 Å². The minimum atomic E-state index is -0.349. The Kier molecular flexibility index (Phi) is 7.65. The average Bonchev–Trinajstić information content (AvgIpc) is 2.75. The summed E-state index contributed by atoms with van der Waals surface area (Å²) in [7, 11) is 0. The van der Waals surface area contributed by atoms with Gasteiger partial charge in [-0.25, -0.2) is 0 Å². The van der Waals surface area contributed by atoms with Gasteiger partial charge in [0.15, 0.2) is 0 Å². The number of nitrogens with zero attached hydrogens (tertiary/aromatic N) is 3. The molecule has 0 saturated carbocycles. The number of benzene rings is 2. The molecule has 2 aromatic carbocycles. The van der Waals surface area contributed by atoms with Crippen LogP contribution in [-0.2, 0) is 16.1 Å². The average molecular weight is 461 g/mol. The number of rotatable bonds is 8.